The van der Waals surface area contributed by atoms with Crippen LogP contribution in [-0.2, 0) is 6.61 Å². The second kappa shape index (κ2) is 7.22. The summed E-state index contributed by atoms with van der Waals surface area (Å²) in [6, 6.07) is 5.53. The molecule has 1 aromatic carbocycles. The molecule has 0 bridgehead atoms. The first-order valence-electron chi connectivity index (χ1n) is 5.25. The van der Waals surface area contributed by atoms with Crippen molar-refractivity contribution in [3.05, 3.63) is 40.4 Å². The zero-order valence-electron chi connectivity index (χ0n) is 9.82. The number of nitrogens with one attached hydrogen (secondary N) is 1. The number of benzene rings is 1. The van der Waals surface area contributed by atoms with Crippen LogP contribution in [0.25, 0.3) is 0 Å². The van der Waals surface area contributed by atoms with Gasteiger partial charge in [-0.25, -0.2) is 5.84 Å². The number of nitrogens with two attached hydrogens (primary N) is 1. The number of rotatable bonds is 4. The summed E-state index contributed by atoms with van der Waals surface area (Å²) in [6.45, 7) is 0.192. The molecule has 0 saturated carbocycles. The molecule has 0 saturated heterocycles. The number of aromatic nitrogens is 1. The molecule has 1 heterocycles. The number of nitrogen functional groups attached to an aromatic ring is 1. The van der Waals surface area contributed by atoms with E-state index in [1.54, 1.807) is 0 Å². The molecule has 0 fully saturated rings. The summed E-state index contributed by atoms with van der Waals surface area (Å²) < 4.78 is 13.9. The molecule has 0 aliphatic heterocycles. The molecule has 0 atom stereocenters. The van der Waals surface area contributed by atoms with Crippen LogP contribution in [-0.4, -0.2) is 11.1 Å². The lowest BCUT2D eigenvalue weighted by Gasteiger charge is -2.09. The number of carbonyl (C=O) groups is 1. The van der Waals surface area contributed by atoms with E-state index in [-0.39, 0.29) is 12.3 Å². The minimum absolute atomic E-state index is 0.123. The van der Waals surface area contributed by atoms with Crippen molar-refractivity contribution in [2.45, 2.75) is 6.61 Å². The highest BCUT2D eigenvalue weighted by Gasteiger charge is 2.13. The maximum Gasteiger partial charge on any atom is 0.287 e. The lowest BCUT2D eigenvalue weighted by molar-refractivity contribution is 0.0944. The molecule has 0 unspecified atom stereocenters. The van der Waals surface area contributed by atoms with E-state index in [9.17, 15) is 4.79 Å². The Morgan fingerprint density at radius 1 is 1.30 bits per heavy atom. The van der Waals surface area contributed by atoms with Crippen LogP contribution in [0.2, 0.25) is 0 Å². The minimum atomic E-state index is -0.501. The smallest absolute Gasteiger partial charge is 0.287 e. The van der Waals surface area contributed by atoms with E-state index in [0.29, 0.717) is 5.76 Å². The second-order valence-electron chi connectivity index (χ2n) is 3.64. The van der Waals surface area contributed by atoms with Gasteiger partial charge in [-0.05, 0) is 79.9 Å². The van der Waals surface area contributed by atoms with Crippen molar-refractivity contribution in [2.24, 2.45) is 5.84 Å². The van der Waals surface area contributed by atoms with Crippen LogP contribution < -0.4 is 16.0 Å². The Kier molecular flexibility index (Phi) is 5.85. The summed E-state index contributed by atoms with van der Waals surface area (Å²) >= 11 is 6.68. The van der Waals surface area contributed by atoms with Crippen molar-refractivity contribution in [2.75, 3.05) is 0 Å². The molecule has 0 spiro atoms. The van der Waals surface area contributed by atoms with Gasteiger partial charge in [0, 0.05) is 9.64 Å². The molecule has 0 aliphatic rings. The fraction of sp³-hybridized carbons (Fsp3) is 0.0909. The van der Waals surface area contributed by atoms with Gasteiger partial charge in [-0.1, -0.05) is 5.16 Å². The first-order chi connectivity index (χ1) is 9.51. The molecule has 1 amide bonds. The largest absolute Gasteiger partial charge is 0.483 e. The van der Waals surface area contributed by atoms with Gasteiger partial charge in [0.1, 0.15) is 12.4 Å². The first kappa shape index (κ1) is 16.2. The number of hydrogen-bond acceptors (Lipinski definition) is 5. The molecule has 3 N–H and O–H groups in total. The molecule has 20 heavy (non-hydrogen) atoms. The first-order valence-corrected chi connectivity index (χ1v) is 8.48. The van der Waals surface area contributed by atoms with E-state index >= 15 is 0 Å². The van der Waals surface area contributed by atoms with E-state index in [4.69, 9.17) is 15.1 Å². The van der Waals surface area contributed by atoms with Crippen LogP contribution in [0.1, 0.15) is 16.2 Å². The summed E-state index contributed by atoms with van der Waals surface area (Å²) in [5, 5.41) is 3.61. The van der Waals surface area contributed by atoms with Gasteiger partial charge in [-0.15, -0.1) is 0 Å². The van der Waals surface area contributed by atoms with Gasteiger partial charge in [-0.3, -0.25) is 10.2 Å². The standard InChI is InChI=1S/C11H8I3N3O3/c12-5-1-7(13)10(8(14)2-5)19-4-6-3-9(17-20-6)11(18)16-15/h1-3H,4,15H2,(H,16,18). The van der Waals surface area contributed by atoms with Gasteiger partial charge in [0.15, 0.2) is 11.5 Å². The third-order valence-corrected chi connectivity index (χ3v) is 4.47. The van der Waals surface area contributed by atoms with E-state index < -0.39 is 5.91 Å². The molecule has 2 rings (SSSR count). The van der Waals surface area contributed by atoms with Crippen molar-refractivity contribution >= 4 is 73.7 Å². The molecule has 9 heteroatoms. The van der Waals surface area contributed by atoms with Gasteiger partial charge in [0.05, 0.1) is 7.14 Å². The van der Waals surface area contributed by atoms with Crippen molar-refractivity contribution < 1.29 is 14.1 Å². The van der Waals surface area contributed by atoms with Crippen molar-refractivity contribution in [1.82, 2.24) is 10.6 Å². The highest BCUT2D eigenvalue weighted by molar-refractivity contribution is 14.1. The Morgan fingerprint density at radius 2 is 1.95 bits per heavy atom. The Hall–Kier alpha value is -0.150. The lowest BCUT2D eigenvalue weighted by Crippen LogP contribution is -2.30. The van der Waals surface area contributed by atoms with Crippen LogP contribution in [0.4, 0.5) is 0 Å². The van der Waals surface area contributed by atoms with Crippen LogP contribution in [0.15, 0.2) is 22.7 Å². The minimum Gasteiger partial charge on any atom is -0.483 e. The Labute approximate surface area is 155 Å². The number of carbonyl (C=O) groups excluding carboxylic acids is 1. The van der Waals surface area contributed by atoms with Gasteiger partial charge in [-0.2, -0.15) is 0 Å². The van der Waals surface area contributed by atoms with E-state index in [2.05, 4.69) is 72.9 Å². The number of hydrogen-bond donors (Lipinski definition) is 2. The molecule has 0 aliphatic carbocycles. The Bertz CT molecular complexity index is 622. The maximum absolute atomic E-state index is 11.2. The van der Waals surface area contributed by atoms with Gasteiger partial charge in [0.25, 0.3) is 5.91 Å². The molecule has 106 valence electrons. The summed E-state index contributed by atoms with van der Waals surface area (Å²) in [7, 11) is 0. The molecule has 6 nitrogen and oxygen atoms in total. The molecule has 2 aromatic rings. The van der Waals surface area contributed by atoms with Crippen molar-refractivity contribution in [3.63, 3.8) is 0 Å². The van der Waals surface area contributed by atoms with Crippen molar-refractivity contribution in [1.29, 1.82) is 0 Å². The average Bonchev–Trinajstić information content (AvgIpc) is 2.85. The van der Waals surface area contributed by atoms with Gasteiger partial charge in [0.2, 0.25) is 0 Å². The Balaban J connectivity index is 2.09. The summed E-state index contributed by atoms with van der Waals surface area (Å²) in [6.07, 6.45) is 0. The van der Waals surface area contributed by atoms with Crippen molar-refractivity contribution in [3.8, 4) is 5.75 Å². The van der Waals surface area contributed by atoms with E-state index in [1.165, 1.54) is 6.07 Å². The number of ether oxygens (including phenoxy) is 1. The summed E-state index contributed by atoms with van der Waals surface area (Å²) in [4.78, 5) is 11.2. The molecule has 1 aromatic heterocycles. The molecular weight excluding hydrogens is 603 g/mol. The third kappa shape index (κ3) is 3.94. The maximum atomic E-state index is 11.2. The summed E-state index contributed by atoms with van der Waals surface area (Å²) in [5.41, 5.74) is 2.11. The average molecular weight is 611 g/mol. The van der Waals surface area contributed by atoms with Gasteiger partial charge >= 0.3 is 0 Å². The normalized spacial score (nSPS) is 10.4. The van der Waals surface area contributed by atoms with Crippen LogP contribution >= 0.6 is 67.8 Å². The zero-order valence-corrected chi connectivity index (χ0v) is 16.3. The number of halogens is 3. The van der Waals surface area contributed by atoms with E-state index in [0.717, 1.165) is 16.5 Å². The second-order valence-corrected chi connectivity index (χ2v) is 7.21. The zero-order chi connectivity index (χ0) is 14.7. The summed E-state index contributed by atoms with van der Waals surface area (Å²) in [5.74, 6) is 5.75. The fourth-order valence-electron chi connectivity index (χ4n) is 1.37. The van der Waals surface area contributed by atoms with Crippen LogP contribution in [0.3, 0.4) is 0 Å². The predicted molar refractivity (Wildman–Crippen MR) is 97.1 cm³/mol. The quantitative estimate of drug-likeness (QED) is 0.241. The third-order valence-electron chi connectivity index (χ3n) is 2.24. The fourth-order valence-corrected chi connectivity index (χ4v) is 5.27. The van der Waals surface area contributed by atoms with E-state index in [1.807, 2.05) is 17.6 Å². The lowest BCUT2D eigenvalue weighted by atomic mass is 10.3. The number of hydrazine groups is 1. The SMILES string of the molecule is NNC(=O)c1cc(COc2c(I)cc(I)cc2I)on1. The topological polar surface area (TPSA) is 90.4 Å². The molecule has 0 radical (unpaired) electrons. The predicted octanol–water partition coefficient (Wildman–Crippen LogP) is 2.67. The van der Waals surface area contributed by atoms with Crippen LogP contribution in [0.5, 0.6) is 5.75 Å². The number of nitrogens with zero attached hydrogens (tertiary/aromatic N) is 1. The highest BCUT2D eigenvalue weighted by Crippen LogP contribution is 2.30. The van der Waals surface area contributed by atoms with Crippen LogP contribution in [0, 0.1) is 10.7 Å². The Morgan fingerprint density at radius 3 is 2.55 bits per heavy atom. The molecular formula is C11H8I3N3O3. The highest BCUT2D eigenvalue weighted by atomic mass is 127. The number of amides is 1. The van der Waals surface area contributed by atoms with Gasteiger partial charge < -0.3 is 9.26 Å². The monoisotopic (exact) mass is 611 g/mol.